The normalized spacial score (nSPS) is 15.9. The highest BCUT2D eigenvalue weighted by Crippen LogP contribution is 2.20. The molecule has 0 spiro atoms. The van der Waals surface area contributed by atoms with Crippen LogP contribution in [0.2, 0.25) is 0 Å². The van der Waals surface area contributed by atoms with Crippen LogP contribution in [0.5, 0.6) is 0 Å². The monoisotopic (exact) mass is 340 g/mol. The molecule has 4 nitrogen and oxygen atoms in total. The predicted molar refractivity (Wildman–Crippen MR) is 82.6 cm³/mol. The van der Waals surface area contributed by atoms with E-state index in [4.69, 9.17) is 4.74 Å². The minimum atomic E-state index is 0.0666. The van der Waals surface area contributed by atoms with Crippen molar-refractivity contribution in [1.82, 2.24) is 9.80 Å². The molecule has 0 radical (unpaired) electrons. The highest BCUT2D eigenvalue weighted by molar-refractivity contribution is 9.10. The number of carbonyl (C=O) groups is 1. The molecule has 1 aliphatic rings. The van der Waals surface area contributed by atoms with E-state index >= 15 is 0 Å². The minimum absolute atomic E-state index is 0.0666. The molecular formula is C15H21BrN2O2. The fourth-order valence-electron chi connectivity index (χ4n) is 2.44. The SMILES string of the molecule is CN(C)C(=O)N(Cc1cccc(Br)c1)C1CCOCC1. The van der Waals surface area contributed by atoms with Crippen LogP contribution in [-0.4, -0.2) is 49.2 Å². The highest BCUT2D eigenvalue weighted by Gasteiger charge is 2.26. The number of halogens is 1. The summed E-state index contributed by atoms with van der Waals surface area (Å²) in [6.07, 6.45) is 1.82. The van der Waals surface area contributed by atoms with Crippen molar-refractivity contribution >= 4 is 22.0 Å². The van der Waals surface area contributed by atoms with Crippen LogP contribution in [0.1, 0.15) is 18.4 Å². The van der Waals surface area contributed by atoms with Crippen LogP contribution in [0.3, 0.4) is 0 Å². The maximum Gasteiger partial charge on any atom is 0.320 e. The number of urea groups is 1. The van der Waals surface area contributed by atoms with Gasteiger partial charge in [0.2, 0.25) is 0 Å². The molecule has 0 aromatic heterocycles. The second-order valence-electron chi connectivity index (χ2n) is 5.28. The first-order valence-electron chi connectivity index (χ1n) is 6.88. The number of amides is 2. The van der Waals surface area contributed by atoms with E-state index in [1.807, 2.05) is 17.0 Å². The number of rotatable bonds is 3. The third-order valence-corrected chi connectivity index (χ3v) is 4.00. The lowest BCUT2D eigenvalue weighted by atomic mass is 10.1. The van der Waals surface area contributed by atoms with Gasteiger partial charge in [0.1, 0.15) is 0 Å². The van der Waals surface area contributed by atoms with Crippen molar-refractivity contribution in [2.24, 2.45) is 0 Å². The zero-order chi connectivity index (χ0) is 14.5. The molecule has 0 saturated carbocycles. The summed E-state index contributed by atoms with van der Waals surface area (Å²) in [6.45, 7) is 2.11. The van der Waals surface area contributed by atoms with E-state index < -0.39 is 0 Å². The quantitative estimate of drug-likeness (QED) is 0.846. The van der Waals surface area contributed by atoms with Crippen molar-refractivity contribution in [2.45, 2.75) is 25.4 Å². The van der Waals surface area contributed by atoms with Gasteiger partial charge in [-0.3, -0.25) is 0 Å². The van der Waals surface area contributed by atoms with Crippen LogP contribution in [0.4, 0.5) is 4.79 Å². The Bertz CT molecular complexity index is 459. The van der Waals surface area contributed by atoms with Gasteiger partial charge in [-0.1, -0.05) is 28.1 Å². The number of benzene rings is 1. The Morgan fingerprint density at radius 2 is 2.05 bits per heavy atom. The second kappa shape index (κ2) is 7.09. The Kier molecular flexibility index (Phi) is 5.43. The van der Waals surface area contributed by atoms with Gasteiger partial charge in [0.15, 0.2) is 0 Å². The third kappa shape index (κ3) is 3.96. The fraction of sp³-hybridized carbons (Fsp3) is 0.533. The van der Waals surface area contributed by atoms with Crippen molar-refractivity contribution in [3.05, 3.63) is 34.3 Å². The van der Waals surface area contributed by atoms with Crippen LogP contribution >= 0.6 is 15.9 Å². The van der Waals surface area contributed by atoms with Gasteiger partial charge in [-0.15, -0.1) is 0 Å². The lowest BCUT2D eigenvalue weighted by Crippen LogP contribution is -2.47. The van der Waals surface area contributed by atoms with Gasteiger partial charge in [-0.2, -0.15) is 0 Å². The molecule has 2 amide bonds. The molecule has 0 bridgehead atoms. The van der Waals surface area contributed by atoms with Crippen LogP contribution in [-0.2, 0) is 11.3 Å². The molecule has 2 rings (SSSR count). The number of hydrogen-bond acceptors (Lipinski definition) is 2. The Balaban J connectivity index is 2.15. The zero-order valence-corrected chi connectivity index (χ0v) is 13.6. The Morgan fingerprint density at radius 1 is 1.35 bits per heavy atom. The van der Waals surface area contributed by atoms with Gasteiger partial charge in [0.25, 0.3) is 0 Å². The summed E-state index contributed by atoms with van der Waals surface area (Å²) < 4.78 is 6.44. The third-order valence-electron chi connectivity index (χ3n) is 3.50. The smallest absolute Gasteiger partial charge is 0.320 e. The van der Waals surface area contributed by atoms with Gasteiger partial charge in [-0.05, 0) is 30.5 Å². The maximum absolute atomic E-state index is 12.4. The highest BCUT2D eigenvalue weighted by atomic mass is 79.9. The zero-order valence-electron chi connectivity index (χ0n) is 12.0. The molecule has 1 heterocycles. The molecule has 1 saturated heterocycles. The molecule has 0 unspecified atom stereocenters. The van der Waals surface area contributed by atoms with E-state index in [0.29, 0.717) is 6.54 Å². The van der Waals surface area contributed by atoms with E-state index in [9.17, 15) is 4.79 Å². The van der Waals surface area contributed by atoms with Crippen LogP contribution in [0, 0.1) is 0 Å². The number of hydrogen-bond donors (Lipinski definition) is 0. The molecule has 110 valence electrons. The first-order valence-corrected chi connectivity index (χ1v) is 7.67. The van der Waals surface area contributed by atoms with Gasteiger partial charge in [-0.25, -0.2) is 4.79 Å². The van der Waals surface area contributed by atoms with E-state index in [-0.39, 0.29) is 12.1 Å². The average molecular weight is 341 g/mol. The summed E-state index contributed by atoms with van der Waals surface area (Å²) in [7, 11) is 3.60. The van der Waals surface area contributed by atoms with E-state index in [2.05, 4.69) is 28.1 Å². The van der Waals surface area contributed by atoms with Crippen molar-refractivity contribution in [3.63, 3.8) is 0 Å². The molecule has 1 aromatic rings. The number of nitrogens with zero attached hydrogens (tertiary/aromatic N) is 2. The van der Waals surface area contributed by atoms with Crippen molar-refractivity contribution in [1.29, 1.82) is 0 Å². The Labute approximate surface area is 128 Å². The summed E-state index contributed by atoms with van der Waals surface area (Å²) in [5.41, 5.74) is 1.14. The molecule has 0 N–H and O–H groups in total. The van der Waals surface area contributed by atoms with Gasteiger partial charge >= 0.3 is 6.03 Å². The maximum atomic E-state index is 12.4. The van der Waals surface area contributed by atoms with Crippen LogP contribution < -0.4 is 0 Å². The van der Waals surface area contributed by atoms with Crippen molar-refractivity contribution < 1.29 is 9.53 Å². The minimum Gasteiger partial charge on any atom is -0.381 e. The van der Waals surface area contributed by atoms with Crippen molar-refractivity contribution in [2.75, 3.05) is 27.3 Å². The summed E-state index contributed by atoms with van der Waals surface area (Å²) >= 11 is 3.48. The van der Waals surface area contributed by atoms with E-state index in [1.54, 1.807) is 19.0 Å². The largest absolute Gasteiger partial charge is 0.381 e. The first kappa shape index (κ1) is 15.3. The van der Waals surface area contributed by atoms with Gasteiger partial charge in [0.05, 0.1) is 0 Å². The standard InChI is InChI=1S/C15H21BrN2O2/c1-17(2)15(19)18(14-6-8-20-9-7-14)11-12-4-3-5-13(16)10-12/h3-5,10,14H,6-9,11H2,1-2H3. The van der Waals surface area contributed by atoms with Crippen LogP contribution in [0.15, 0.2) is 28.7 Å². The van der Waals surface area contributed by atoms with E-state index in [1.165, 1.54) is 0 Å². The van der Waals surface area contributed by atoms with E-state index in [0.717, 1.165) is 36.1 Å². The summed E-state index contributed by atoms with van der Waals surface area (Å²) in [4.78, 5) is 16.0. The summed E-state index contributed by atoms with van der Waals surface area (Å²) in [5, 5.41) is 0. The molecule has 5 heteroatoms. The number of ether oxygens (including phenoxy) is 1. The molecule has 0 atom stereocenters. The van der Waals surface area contributed by atoms with Gasteiger partial charge in [0, 0.05) is 44.4 Å². The molecule has 1 fully saturated rings. The van der Waals surface area contributed by atoms with Gasteiger partial charge < -0.3 is 14.5 Å². The molecule has 1 aromatic carbocycles. The lowest BCUT2D eigenvalue weighted by molar-refractivity contribution is 0.0391. The van der Waals surface area contributed by atoms with Crippen molar-refractivity contribution in [3.8, 4) is 0 Å². The Hall–Kier alpha value is -1.07. The molecular weight excluding hydrogens is 320 g/mol. The first-order chi connectivity index (χ1) is 9.58. The molecule has 0 aliphatic carbocycles. The fourth-order valence-corrected chi connectivity index (χ4v) is 2.89. The predicted octanol–water partition coefficient (Wildman–Crippen LogP) is 3.11. The summed E-state index contributed by atoms with van der Waals surface area (Å²) in [6, 6.07) is 8.45. The summed E-state index contributed by atoms with van der Waals surface area (Å²) in [5.74, 6) is 0. The number of carbonyl (C=O) groups excluding carboxylic acids is 1. The molecule has 1 aliphatic heterocycles. The average Bonchev–Trinajstić information content (AvgIpc) is 2.45. The lowest BCUT2D eigenvalue weighted by Gasteiger charge is -2.36. The van der Waals surface area contributed by atoms with Crippen LogP contribution in [0.25, 0.3) is 0 Å². The topological polar surface area (TPSA) is 32.8 Å². The molecule has 20 heavy (non-hydrogen) atoms. The second-order valence-corrected chi connectivity index (χ2v) is 6.19. The Morgan fingerprint density at radius 3 is 2.65 bits per heavy atom.